The third-order valence-electron chi connectivity index (χ3n) is 5.14. The molecule has 0 aliphatic carbocycles. The SMILES string of the molecule is N#Cc1cccc(-c2nc(N)c3cn(Cc4ccccc4F)nc3c2-c2ccncn2)c1. The molecule has 3 heterocycles. The van der Waals surface area contributed by atoms with Crippen LogP contribution in [0.5, 0.6) is 0 Å². The maximum Gasteiger partial charge on any atom is 0.135 e. The van der Waals surface area contributed by atoms with Gasteiger partial charge in [-0.1, -0.05) is 30.3 Å². The van der Waals surface area contributed by atoms with Crippen LogP contribution in [-0.2, 0) is 6.54 Å². The number of hydrogen-bond acceptors (Lipinski definition) is 6. The standard InChI is InChI=1S/C24H16FN7/c25-19-7-2-1-5-17(19)12-32-13-18-23(31-32)21(20-8-9-28-14-29-20)22(30-24(18)27)16-6-3-4-15(10-16)11-26/h1-10,13-14H,12H2,(H2,27,30). The number of benzene rings is 2. The van der Waals surface area contributed by atoms with Gasteiger partial charge in [-0.25, -0.2) is 19.3 Å². The Kier molecular flexibility index (Phi) is 4.76. The highest BCUT2D eigenvalue weighted by Crippen LogP contribution is 2.37. The van der Waals surface area contributed by atoms with Gasteiger partial charge in [0.2, 0.25) is 0 Å². The zero-order valence-corrected chi connectivity index (χ0v) is 16.8. The lowest BCUT2D eigenvalue weighted by molar-refractivity contribution is 0.587. The average Bonchev–Trinajstić information content (AvgIpc) is 3.25. The minimum Gasteiger partial charge on any atom is -0.383 e. The first-order valence-corrected chi connectivity index (χ1v) is 9.81. The number of fused-ring (bicyclic) bond motifs is 1. The smallest absolute Gasteiger partial charge is 0.135 e. The molecule has 0 unspecified atom stereocenters. The minimum absolute atomic E-state index is 0.239. The van der Waals surface area contributed by atoms with E-state index in [1.54, 1.807) is 59.5 Å². The van der Waals surface area contributed by atoms with E-state index in [-0.39, 0.29) is 18.2 Å². The normalized spacial score (nSPS) is 10.9. The lowest BCUT2D eigenvalue weighted by Gasteiger charge is -2.11. The number of nitrogen functional groups attached to an aromatic ring is 1. The lowest BCUT2D eigenvalue weighted by Crippen LogP contribution is -2.02. The summed E-state index contributed by atoms with van der Waals surface area (Å²) in [6.45, 7) is 0.239. The zero-order chi connectivity index (χ0) is 22.1. The summed E-state index contributed by atoms with van der Waals surface area (Å²) in [6.07, 6.45) is 4.84. The summed E-state index contributed by atoms with van der Waals surface area (Å²) >= 11 is 0. The summed E-state index contributed by atoms with van der Waals surface area (Å²) in [7, 11) is 0. The van der Waals surface area contributed by atoms with Crippen molar-refractivity contribution in [3.63, 3.8) is 0 Å². The van der Waals surface area contributed by atoms with Crippen molar-refractivity contribution in [3.8, 4) is 28.6 Å². The van der Waals surface area contributed by atoms with Crippen LogP contribution in [0.15, 0.2) is 73.3 Å². The predicted octanol–water partition coefficient (Wildman–Crippen LogP) is 4.20. The highest BCUT2D eigenvalue weighted by molar-refractivity contribution is 6.03. The number of anilines is 1. The highest BCUT2D eigenvalue weighted by atomic mass is 19.1. The van der Waals surface area contributed by atoms with Gasteiger partial charge >= 0.3 is 0 Å². The van der Waals surface area contributed by atoms with Crippen molar-refractivity contribution in [1.29, 1.82) is 5.26 Å². The summed E-state index contributed by atoms with van der Waals surface area (Å²) in [5.74, 6) is -0.0156. The van der Waals surface area contributed by atoms with E-state index in [0.717, 1.165) is 5.56 Å². The van der Waals surface area contributed by atoms with Crippen LogP contribution in [0.2, 0.25) is 0 Å². The molecule has 0 aliphatic rings. The van der Waals surface area contributed by atoms with E-state index in [0.29, 0.717) is 39.0 Å². The number of halogens is 1. The Morgan fingerprint density at radius 1 is 1.09 bits per heavy atom. The first-order valence-electron chi connectivity index (χ1n) is 9.81. The molecule has 7 nitrogen and oxygen atoms in total. The van der Waals surface area contributed by atoms with Gasteiger partial charge in [0.1, 0.15) is 23.5 Å². The Morgan fingerprint density at radius 2 is 1.97 bits per heavy atom. The average molecular weight is 421 g/mol. The fourth-order valence-corrected chi connectivity index (χ4v) is 3.65. The largest absolute Gasteiger partial charge is 0.383 e. The Labute approximate surface area is 182 Å². The summed E-state index contributed by atoms with van der Waals surface area (Å²) < 4.78 is 15.8. The topological polar surface area (TPSA) is 106 Å². The first kappa shape index (κ1) is 19.3. The molecule has 0 atom stereocenters. The fourth-order valence-electron chi connectivity index (χ4n) is 3.65. The third kappa shape index (κ3) is 3.42. The van der Waals surface area contributed by atoms with Crippen LogP contribution in [-0.4, -0.2) is 24.7 Å². The van der Waals surface area contributed by atoms with E-state index in [4.69, 9.17) is 10.8 Å². The van der Waals surface area contributed by atoms with E-state index < -0.39 is 0 Å². The van der Waals surface area contributed by atoms with E-state index in [2.05, 4.69) is 21.0 Å². The van der Waals surface area contributed by atoms with Crippen LogP contribution in [0.1, 0.15) is 11.1 Å². The third-order valence-corrected chi connectivity index (χ3v) is 5.14. The second-order valence-electron chi connectivity index (χ2n) is 7.19. The van der Waals surface area contributed by atoms with E-state index in [1.165, 1.54) is 12.4 Å². The summed E-state index contributed by atoms with van der Waals surface area (Å²) in [4.78, 5) is 13.0. The van der Waals surface area contributed by atoms with Crippen molar-refractivity contribution in [2.45, 2.75) is 6.54 Å². The molecule has 0 fully saturated rings. The number of hydrogen-bond donors (Lipinski definition) is 1. The Bertz CT molecular complexity index is 1490. The van der Waals surface area contributed by atoms with Crippen molar-refractivity contribution in [1.82, 2.24) is 24.7 Å². The summed E-state index contributed by atoms with van der Waals surface area (Å²) in [5, 5.41) is 14.7. The van der Waals surface area contributed by atoms with Gasteiger partial charge in [-0.15, -0.1) is 0 Å². The first-order chi connectivity index (χ1) is 15.6. The number of pyridine rings is 1. The predicted molar refractivity (Wildman–Crippen MR) is 119 cm³/mol. The van der Waals surface area contributed by atoms with Crippen LogP contribution >= 0.6 is 0 Å². The molecule has 5 rings (SSSR count). The highest BCUT2D eigenvalue weighted by Gasteiger charge is 2.20. The number of rotatable bonds is 4. The molecule has 0 amide bonds. The Morgan fingerprint density at radius 3 is 2.75 bits per heavy atom. The maximum absolute atomic E-state index is 14.2. The molecule has 0 saturated carbocycles. The molecule has 0 saturated heterocycles. The maximum atomic E-state index is 14.2. The molecule has 32 heavy (non-hydrogen) atoms. The van der Waals surface area contributed by atoms with Crippen LogP contribution in [0.25, 0.3) is 33.4 Å². The van der Waals surface area contributed by atoms with E-state index in [1.807, 2.05) is 6.07 Å². The monoisotopic (exact) mass is 421 g/mol. The molecular weight excluding hydrogens is 405 g/mol. The Hall–Kier alpha value is -4.64. The molecule has 5 aromatic rings. The van der Waals surface area contributed by atoms with Crippen LogP contribution in [0.3, 0.4) is 0 Å². The van der Waals surface area contributed by atoms with Crippen LogP contribution < -0.4 is 5.73 Å². The van der Waals surface area contributed by atoms with Gasteiger partial charge in [-0.3, -0.25) is 4.68 Å². The zero-order valence-electron chi connectivity index (χ0n) is 16.8. The van der Waals surface area contributed by atoms with Crippen molar-refractivity contribution < 1.29 is 4.39 Å². The molecule has 8 heteroatoms. The van der Waals surface area contributed by atoms with Crippen molar-refractivity contribution in [2.75, 3.05) is 5.73 Å². The summed E-state index contributed by atoms with van der Waals surface area (Å²) in [5.41, 5.74) is 10.5. The van der Waals surface area contributed by atoms with Gasteiger partial charge in [0.25, 0.3) is 0 Å². The fraction of sp³-hybridized carbons (Fsp3) is 0.0417. The lowest BCUT2D eigenvalue weighted by atomic mass is 9.99. The van der Waals surface area contributed by atoms with Crippen LogP contribution in [0, 0.1) is 17.1 Å². The van der Waals surface area contributed by atoms with Gasteiger partial charge < -0.3 is 5.73 Å². The second-order valence-corrected chi connectivity index (χ2v) is 7.19. The molecule has 0 spiro atoms. The summed E-state index contributed by atoms with van der Waals surface area (Å²) in [6, 6.07) is 17.6. The number of nitrogens with two attached hydrogens (primary N) is 1. The van der Waals surface area contributed by atoms with Crippen LogP contribution in [0.4, 0.5) is 10.2 Å². The molecule has 0 aliphatic heterocycles. The second kappa shape index (κ2) is 7.89. The molecule has 0 bridgehead atoms. The van der Waals surface area contributed by atoms with Gasteiger partial charge in [-0.05, 0) is 24.3 Å². The van der Waals surface area contributed by atoms with Crippen molar-refractivity contribution >= 4 is 16.7 Å². The van der Waals surface area contributed by atoms with Gasteiger partial charge in [0.05, 0.1) is 40.5 Å². The van der Waals surface area contributed by atoms with E-state index >= 15 is 0 Å². The van der Waals surface area contributed by atoms with Gasteiger partial charge in [0, 0.05) is 23.5 Å². The molecule has 2 N–H and O–H groups in total. The van der Waals surface area contributed by atoms with Gasteiger partial charge in [-0.2, -0.15) is 10.4 Å². The van der Waals surface area contributed by atoms with Crippen molar-refractivity contribution in [2.24, 2.45) is 0 Å². The molecule has 154 valence electrons. The molecule has 0 radical (unpaired) electrons. The Balaban J connectivity index is 1.76. The molecule has 3 aromatic heterocycles. The van der Waals surface area contributed by atoms with Crippen molar-refractivity contribution in [3.05, 3.63) is 90.3 Å². The number of nitriles is 1. The van der Waals surface area contributed by atoms with E-state index in [9.17, 15) is 9.65 Å². The molecular formula is C24H16FN7. The minimum atomic E-state index is -0.303. The molecule has 2 aromatic carbocycles. The quantitative estimate of drug-likeness (QED) is 0.466. The van der Waals surface area contributed by atoms with Gasteiger partial charge in [0.15, 0.2) is 0 Å². The number of nitrogens with zero attached hydrogens (tertiary/aromatic N) is 6. The number of aromatic nitrogens is 5.